The first-order valence-electron chi connectivity index (χ1n) is 5.48. The zero-order valence-corrected chi connectivity index (χ0v) is 10.0. The normalized spacial score (nSPS) is 15.0. The van der Waals surface area contributed by atoms with Crippen LogP contribution < -0.4 is 5.32 Å². The van der Waals surface area contributed by atoms with Crippen LogP contribution in [0, 0.1) is 13.8 Å². The lowest BCUT2D eigenvalue weighted by Crippen LogP contribution is -2.32. The Morgan fingerprint density at radius 2 is 1.93 bits per heavy atom. The minimum atomic E-state index is 0.139. The summed E-state index contributed by atoms with van der Waals surface area (Å²) in [5.41, 5.74) is 3.89. The molecule has 2 nitrogen and oxygen atoms in total. The Morgan fingerprint density at radius 1 is 1.27 bits per heavy atom. The van der Waals surface area contributed by atoms with Gasteiger partial charge in [-0.15, -0.1) is 0 Å². The van der Waals surface area contributed by atoms with Gasteiger partial charge in [0.25, 0.3) is 0 Å². The van der Waals surface area contributed by atoms with Gasteiger partial charge in [-0.2, -0.15) is 0 Å². The number of nitrogens with one attached hydrogen (secondary N) is 1. The van der Waals surface area contributed by atoms with Gasteiger partial charge in [0.05, 0.1) is 6.61 Å². The van der Waals surface area contributed by atoms with Crippen LogP contribution in [-0.2, 0) is 0 Å². The fourth-order valence-corrected chi connectivity index (χ4v) is 1.80. The average molecular weight is 207 g/mol. The smallest absolute Gasteiger partial charge is 0.0582 e. The van der Waals surface area contributed by atoms with Crippen molar-refractivity contribution in [2.75, 3.05) is 6.61 Å². The molecular weight excluding hydrogens is 186 g/mol. The fourth-order valence-electron chi connectivity index (χ4n) is 1.80. The van der Waals surface area contributed by atoms with Gasteiger partial charge in [-0.1, -0.05) is 23.8 Å². The molecule has 0 radical (unpaired) electrons. The summed E-state index contributed by atoms with van der Waals surface area (Å²) in [4.78, 5) is 0. The molecule has 0 amide bonds. The molecule has 0 bridgehead atoms. The summed E-state index contributed by atoms with van der Waals surface area (Å²) >= 11 is 0. The highest BCUT2D eigenvalue weighted by molar-refractivity contribution is 5.32. The maximum atomic E-state index is 8.99. The van der Waals surface area contributed by atoms with Crippen LogP contribution in [0.3, 0.4) is 0 Å². The van der Waals surface area contributed by atoms with Gasteiger partial charge in [0, 0.05) is 12.1 Å². The molecule has 84 valence electrons. The summed E-state index contributed by atoms with van der Waals surface area (Å²) in [5.74, 6) is 0. The standard InChI is InChI=1S/C13H21NO/c1-9-5-6-10(2)13(7-9)12(4)14-11(3)8-15/h5-7,11-12,14-15H,8H2,1-4H3/t11-,12?/m1/s1. The highest BCUT2D eigenvalue weighted by Gasteiger charge is 2.10. The van der Waals surface area contributed by atoms with E-state index in [0.717, 1.165) is 0 Å². The molecule has 0 spiro atoms. The summed E-state index contributed by atoms with van der Waals surface area (Å²) in [6, 6.07) is 6.90. The summed E-state index contributed by atoms with van der Waals surface area (Å²) in [6.07, 6.45) is 0. The molecule has 0 aliphatic carbocycles. The van der Waals surface area contributed by atoms with Crippen LogP contribution in [-0.4, -0.2) is 17.8 Å². The number of rotatable bonds is 4. The Morgan fingerprint density at radius 3 is 2.53 bits per heavy atom. The number of hydrogen-bond acceptors (Lipinski definition) is 2. The van der Waals surface area contributed by atoms with Crippen molar-refractivity contribution in [1.82, 2.24) is 5.32 Å². The van der Waals surface area contributed by atoms with E-state index < -0.39 is 0 Å². The first kappa shape index (κ1) is 12.2. The number of hydrogen-bond donors (Lipinski definition) is 2. The van der Waals surface area contributed by atoms with Gasteiger partial charge in [0.1, 0.15) is 0 Å². The predicted octanol–water partition coefficient (Wildman–Crippen LogP) is 2.33. The van der Waals surface area contributed by atoms with E-state index in [1.165, 1.54) is 16.7 Å². The van der Waals surface area contributed by atoms with E-state index in [4.69, 9.17) is 5.11 Å². The summed E-state index contributed by atoms with van der Waals surface area (Å²) in [5, 5.41) is 12.4. The first-order chi connectivity index (χ1) is 7.04. The average Bonchev–Trinajstić information content (AvgIpc) is 2.21. The molecule has 1 aromatic carbocycles. The Kier molecular flexibility index (Phi) is 4.30. The van der Waals surface area contributed by atoms with E-state index in [2.05, 4.69) is 44.3 Å². The molecule has 2 N–H and O–H groups in total. The quantitative estimate of drug-likeness (QED) is 0.794. The third kappa shape index (κ3) is 3.33. The van der Waals surface area contributed by atoms with Crippen molar-refractivity contribution >= 4 is 0 Å². The number of benzene rings is 1. The fraction of sp³-hybridized carbons (Fsp3) is 0.538. The lowest BCUT2D eigenvalue weighted by atomic mass is 9.99. The Balaban J connectivity index is 2.80. The second-order valence-electron chi connectivity index (χ2n) is 4.33. The summed E-state index contributed by atoms with van der Waals surface area (Å²) < 4.78 is 0. The number of aliphatic hydroxyl groups excluding tert-OH is 1. The highest BCUT2D eigenvalue weighted by atomic mass is 16.3. The van der Waals surface area contributed by atoms with Gasteiger partial charge >= 0.3 is 0 Å². The Hall–Kier alpha value is -0.860. The predicted molar refractivity (Wildman–Crippen MR) is 64.0 cm³/mol. The van der Waals surface area contributed by atoms with E-state index in [1.54, 1.807) is 0 Å². The molecule has 0 heterocycles. The molecule has 0 saturated heterocycles. The van der Waals surface area contributed by atoms with Crippen LogP contribution in [0.25, 0.3) is 0 Å². The lowest BCUT2D eigenvalue weighted by Gasteiger charge is -2.20. The van der Waals surface area contributed by atoms with Crippen molar-refractivity contribution in [3.05, 3.63) is 34.9 Å². The van der Waals surface area contributed by atoms with Crippen LogP contribution in [0.2, 0.25) is 0 Å². The van der Waals surface area contributed by atoms with Gasteiger partial charge in [-0.25, -0.2) is 0 Å². The molecule has 1 rings (SSSR count). The largest absolute Gasteiger partial charge is 0.395 e. The summed E-state index contributed by atoms with van der Waals surface area (Å²) in [7, 11) is 0. The molecule has 1 unspecified atom stereocenters. The van der Waals surface area contributed by atoms with Crippen molar-refractivity contribution in [2.45, 2.75) is 39.8 Å². The molecule has 15 heavy (non-hydrogen) atoms. The topological polar surface area (TPSA) is 32.3 Å². The highest BCUT2D eigenvalue weighted by Crippen LogP contribution is 2.19. The van der Waals surface area contributed by atoms with Crippen LogP contribution in [0.5, 0.6) is 0 Å². The van der Waals surface area contributed by atoms with Crippen molar-refractivity contribution in [3.63, 3.8) is 0 Å². The molecule has 0 fully saturated rings. The molecule has 1 aromatic rings. The third-order valence-electron chi connectivity index (χ3n) is 2.71. The van der Waals surface area contributed by atoms with E-state index in [9.17, 15) is 0 Å². The monoisotopic (exact) mass is 207 g/mol. The van der Waals surface area contributed by atoms with Gasteiger partial charge in [-0.05, 0) is 38.8 Å². The van der Waals surface area contributed by atoms with E-state index in [-0.39, 0.29) is 18.7 Å². The SMILES string of the molecule is Cc1ccc(C)c(C(C)N[C@H](C)CO)c1. The molecule has 0 aromatic heterocycles. The van der Waals surface area contributed by atoms with Crippen LogP contribution in [0.4, 0.5) is 0 Å². The lowest BCUT2D eigenvalue weighted by molar-refractivity contribution is 0.243. The molecule has 2 atom stereocenters. The van der Waals surface area contributed by atoms with Crippen molar-refractivity contribution in [1.29, 1.82) is 0 Å². The second kappa shape index (κ2) is 5.29. The van der Waals surface area contributed by atoms with E-state index in [1.807, 2.05) is 6.92 Å². The van der Waals surface area contributed by atoms with Gasteiger partial charge in [0.15, 0.2) is 0 Å². The Bertz CT molecular complexity index is 322. The van der Waals surface area contributed by atoms with Gasteiger partial charge in [-0.3, -0.25) is 0 Å². The van der Waals surface area contributed by atoms with E-state index >= 15 is 0 Å². The van der Waals surface area contributed by atoms with Gasteiger partial charge < -0.3 is 10.4 Å². The number of aliphatic hydroxyl groups is 1. The molecule has 0 aliphatic heterocycles. The minimum absolute atomic E-state index is 0.139. The zero-order valence-electron chi connectivity index (χ0n) is 10.0. The van der Waals surface area contributed by atoms with Crippen LogP contribution in [0.15, 0.2) is 18.2 Å². The first-order valence-corrected chi connectivity index (χ1v) is 5.48. The maximum Gasteiger partial charge on any atom is 0.0582 e. The maximum absolute atomic E-state index is 8.99. The second-order valence-corrected chi connectivity index (χ2v) is 4.33. The zero-order chi connectivity index (χ0) is 11.4. The number of aryl methyl sites for hydroxylation is 2. The molecular formula is C13H21NO. The van der Waals surface area contributed by atoms with Crippen molar-refractivity contribution in [2.24, 2.45) is 0 Å². The van der Waals surface area contributed by atoms with Crippen molar-refractivity contribution < 1.29 is 5.11 Å². The molecule has 2 heteroatoms. The van der Waals surface area contributed by atoms with Crippen LogP contribution in [0.1, 0.15) is 36.6 Å². The molecule has 0 aliphatic rings. The van der Waals surface area contributed by atoms with Crippen molar-refractivity contribution in [3.8, 4) is 0 Å². The third-order valence-corrected chi connectivity index (χ3v) is 2.71. The van der Waals surface area contributed by atoms with Crippen LogP contribution >= 0.6 is 0 Å². The van der Waals surface area contributed by atoms with E-state index in [0.29, 0.717) is 0 Å². The Labute approximate surface area is 92.3 Å². The van der Waals surface area contributed by atoms with Gasteiger partial charge in [0.2, 0.25) is 0 Å². The molecule has 0 saturated carbocycles. The minimum Gasteiger partial charge on any atom is -0.395 e. The summed E-state index contributed by atoms with van der Waals surface area (Å²) in [6.45, 7) is 8.52.